The third kappa shape index (κ3) is 3.15. The zero-order valence-electron chi connectivity index (χ0n) is 13.7. The van der Waals surface area contributed by atoms with E-state index >= 15 is 0 Å². The largest absolute Gasteiger partial charge is 0.340 e. The van der Waals surface area contributed by atoms with Gasteiger partial charge in [-0.15, -0.1) is 0 Å². The van der Waals surface area contributed by atoms with Crippen molar-refractivity contribution in [1.82, 2.24) is 10.2 Å². The Balaban J connectivity index is 2.90. The number of hydrogen-bond acceptors (Lipinski definition) is 2. The zero-order chi connectivity index (χ0) is 15.3. The van der Waals surface area contributed by atoms with Crippen LogP contribution in [0.5, 0.6) is 0 Å². The molecule has 1 heterocycles. The molecule has 0 aromatic heterocycles. The zero-order valence-corrected chi connectivity index (χ0v) is 13.7. The Morgan fingerprint density at radius 1 is 1.20 bits per heavy atom. The lowest BCUT2D eigenvalue weighted by molar-refractivity contribution is -0.157. The molecule has 1 saturated heterocycles. The van der Waals surface area contributed by atoms with E-state index in [2.05, 4.69) is 19.2 Å². The Hall–Kier alpha value is -1.06. The fraction of sp³-hybridized carbons (Fsp3) is 0.875. The Labute approximate surface area is 123 Å². The van der Waals surface area contributed by atoms with Crippen molar-refractivity contribution in [3.05, 3.63) is 0 Å². The van der Waals surface area contributed by atoms with E-state index in [0.29, 0.717) is 12.8 Å². The first kappa shape index (κ1) is 17.0. The molecule has 116 valence electrons. The molecule has 1 N–H and O–H groups in total. The van der Waals surface area contributed by atoms with Gasteiger partial charge in [-0.3, -0.25) is 9.59 Å². The van der Waals surface area contributed by atoms with E-state index in [-0.39, 0.29) is 23.9 Å². The van der Waals surface area contributed by atoms with Gasteiger partial charge in [-0.1, -0.05) is 40.0 Å². The first-order valence-electron chi connectivity index (χ1n) is 8.08. The summed E-state index contributed by atoms with van der Waals surface area (Å²) in [6.07, 6.45) is 5.74. The van der Waals surface area contributed by atoms with Crippen molar-refractivity contribution in [2.24, 2.45) is 0 Å². The van der Waals surface area contributed by atoms with E-state index in [1.54, 1.807) is 0 Å². The van der Waals surface area contributed by atoms with Gasteiger partial charge in [-0.05, 0) is 33.1 Å². The maximum absolute atomic E-state index is 12.9. The highest BCUT2D eigenvalue weighted by molar-refractivity contribution is 5.99. The molecular formula is C16H30N2O2. The van der Waals surface area contributed by atoms with Crippen LogP contribution >= 0.6 is 0 Å². The topological polar surface area (TPSA) is 49.4 Å². The Morgan fingerprint density at radius 2 is 1.80 bits per heavy atom. The average molecular weight is 282 g/mol. The van der Waals surface area contributed by atoms with Crippen molar-refractivity contribution in [3.8, 4) is 0 Å². The van der Waals surface area contributed by atoms with Gasteiger partial charge < -0.3 is 10.2 Å². The number of carbonyl (C=O) groups excluding carboxylic acids is 2. The van der Waals surface area contributed by atoms with Gasteiger partial charge in [0.15, 0.2) is 0 Å². The molecule has 2 unspecified atom stereocenters. The molecule has 0 spiro atoms. The Kier molecular flexibility index (Phi) is 6.03. The summed E-state index contributed by atoms with van der Waals surface area (Å²) >= 11 is 0. The summed E-state index contributed by atoms with van der Waals surface area (Å²) in [6.45, 7) is 10.0. The number of amides is 2. The highest BCUT2D eigenvalue weighted by Crippen LogP contribution is 2.27. The van der Waals surface area contributed by atoms with Crippen molar-refractivity contribution in [1.29, 1.82) is 0 Å². The van der Waals surface area contributed by atoms with Crippen LogP contribution in [-0.4, -0.2) is 34.3 Å². The summed E-state index contributed by atoms with van der Waals surface area (Å²) in [5, 5.41) is 2.95. The molecule has 0 aromatic rings. The second-order valence-corrected chi connectivity index (χ2v) is 6.01. The minimum atomic E-state index is -0.692. The highest BCUT2D eigenvalue weighted by atomic mass is 16.2. The van der Waals surface area contributed by atoms with Gasteiger partial charge in [0.1, 0.15) is 11.6 Å². The summed E-state index contributed by atoms with van der Waals surface area (Å²) < 4.78 is 0. The lowest BCUT2D eigenvalue weighted by Crippen LogP contribution is -2.70. The van der Waals surface area contributed by atoms with E-state index in [0.717, 1.165) is 12.8 Å². The summed E-state index contributed by atoms with van der Waals surface area (Å²) in [5.41, 5.74) is -0.692. The lowest BCUT2D eigenvalue weighted by Gasteiger charge is -2.47. The summed E-state index contributed by atoms with van der Waals surface area (Å²) in [5.74, 6) is 0.0780. The number of rotatable bonds is 7. The molecule has 20 heavy (non-hydrogen) atoms. The van der Waals surface area contributed by atoms with Gasteiger partial charge in [-0.2, -0.15) is 0 Å². The number of piperazine rings is 1. The third-order valence-electron chi connectivity index (χ3n) is 4.71. The van der Waals surface area contributed by atoms with Crippen LogP contribution in [0.3, 0.4) is 0 Å². The maximum atomic E-state index is 12.9. The predicted molar refractivity (Wildman–Crippen MR) is 81.4 cm³/mol. The van der Waals surface area contributed by atoms with Crippen molar-refractivity contribution < 1.29 is 9.59 Å². The molecule has 0 aliphatic carbocycles. The molecule has 1 aliphatic rings. The smallest absolute Gasteiger partial charge is 0.249 e. The molecule has 0 aromatic carbocycles. The van der Waals surface area contributed by atoms with Crippen LogP contribution in [0.2, 0.25) is 0 Å². The van der Waals surface area contributed by atoms with Crippen LogP contribution in [-0.2, 0) is 9.59 Å². The predicted octanol–water partition coefficient (Wildman–Crippen LogP) is 2.86. The molecule has 0 radical (unpaired) electrons. The first-order chi connectivity index (χ1) is 9.43. The molecule has 4 heteroatoms. The normalized spacial score (nSPS) is 23.6. The van der Waals surface area contributed by atoms with Gasteiger partial charge in [0.05, 0.1) is 0 Å². The van der Waals surface area contributed by atoms with Crippen molar-refractivity contribution in [2.45, 2.75) is 90.8 Å². The Morgan fingerprint density at radius 3 is 2.30 bits per heavy atom. The van der Waals surface area contributed by atoms with Crippen LogP contribution in [0.4, 0.5) is 0 Å². The van der Waals surface area contributed by atoms with E-state index in [1.165, 1.54) is 12.8 Å². The monoisotopic (exact) mass is 282 g/mol. The summed E-state index contributed by atoms with van der Waals surface area (Å²) in [7, 11) is 0. The van der Waals surface area contributed by atoms with E-state index in [4.69, 9.17) is 0 Å². The number of unbranched alkanes of at least 4 members (excludes halogenated alkanes) is 2. The van der Waals surface area contributed by atoms with Gasteiger partial charge in [0, 0.05) is 6.04 Å². The molecule has 1 aliphatic heterocycles. The van der Waals surface area contributed by atoms with Crippen LogP contribution < -0.4 is 5.32 Å². The number of carbonyl (C=O) groups is 2. The number of nitrogens with one attached hydrogen (secondary N) is 1. The molecule has 2 atom stereocenters. The molecule has 2 amide bonds. The van der Waals surface area contributed by atoms with Crippen LogP contribution in [0, 0.1) is 0 Å². The highest BCUT2D eigenvalue weighted by Gasteiger charge is 2.48. The minimum Gasteiger partial charge on any atom is -0.340 e. The number of nitrogens with zero attached hydrogens (tertiary/aromatic N) is 1. The molecule has 1 fully saturated rings. The summed E-state index contributed by atoms with van der Waals surface area (Å²) in [4.78, 5) is 26.9. The standard InChI is InChI=1S/C16H30N2O2/c1-6-9-10-11-12(4)18-13(5)14(19)17-16(7-2,8-3)15(18)20/h12-13H,6-11H2,1-5H3,(H,17,19). The second-order valence-electron chi connectivity index (χ2n) is 6.01. The first-order valence-corrected chi connectivity index (χ1v) is 8.08. The van der Waals surface area contributed by atoms with Gasteiger partial charge in [0.25, 0.3) is 0 Å². The van der Waals surface area contributed by atoms with Crippen molar-refractivity contribution in [3.63, 3.8) is 0 Å². The van der Waals surface area contributed by atoms with Crippen molar-refractivity contribution >= 4 is 11.8 Å². The molecule has 1 rings (SSSR count). The SMILES string of the molecule is CCCCCC(C)N1C(=O)C(CC)(CC)NC(=O)C1C. The van der Waals surface area contributed by atoms with Gasteiger partial charge in [0.2, 0.25) is 11.8 Å². The fourth-order valence-corrected chi connectivity index (χ4v) is 3.08. The maximum Gasteiger partial charge on any atom is 0.249 e. The Bertz CT molecular complexity index is 350. The minimum absolute atomic E-state index is 0.0179. The van der Waals surface area contributed by atoms with Crippen molar-refractivity contribution in [2.75, 3.05) is 0 Å². The number of hydrogen-bond donors (Lipinski definition) is 1. The fourth-order valence-electron chi connectivity index (χ4n) is 3.08. The van der Waals surface area contributed by atoms with Crippen LogP contribution in [0.25, 0.3) is 0 Å². The molecule has 0 bridgehead atoms. The molecule has 4 nitrogen and oxygen atoms in total. The van der Waals surface area contributed by atoms with Gasteiger partial charge in [-0.25, -0.2) is 0 Å². The molecule has 0 saturated carbocycles. The molecular weight excluding hydrogens is 252 g/mol. The third-order valence-corrected chi connectivity index (χ3v) is 4.71. The van der Waals surface area contributed by atoms with E-state index in [9.17, 15) is 9.59 Å². The average Bonchev–Trinajstić information content (AvgIpc) is 2.43. The summed E-state index contributed by atoms with van der Waals surface area (Å²) in [6, 6.07) is -0.224. The lowest BCUT2D eigenvalue weighted by atomic mass is 9.86. The van der Waals surface area contributed by atoms with Gasteiger partial charge >= 0.3 is 0 Å². The van der Waals surface area contributed by atoms with Crippen LogP contribution in [0.15, 0.2) is 0 Å². The van der Waals surface area contributed by atoms with Crippen LogP contribution in [0.1, 0.15) is 73.1 Å². The van der Waals surface area contributed by atoms with E-state index in [1.807, 2.05) is 25.7 Å². The second kappa shape index (κ2) is 7.09. The quantitative estimate of drug-likeness (QED) is 0.730. The van der Waals surface area contributed by atoms with E-state index < -0.39 is 5.54 Å².